The van der Waals surface area contributed by atoms with Crippen LogP contribution in [-0.4, -0.2) is 28.5 Å². The molecule has 0 radical (unpaired) electrons. The Labute approximate surface area is 207 Å². The number of anilines is 2. The first-order valence-electron chi connectivity index (χ1n) is 11.8. The molecule has 1 saturated heterocycles. The minimum absolute atomic E-state index is 0.0575. The quantitative estimate of drug-likeness (QED) is 0.355. The van der Waals surface area contributed by atoms with E-state index in [1.165, 1.54) is 16.2 Å². The van der Waals surface area contributed by atoms with Gasteiger partial charge in [-0.3, -0.25) is 19.8 Å². The van der Waals surface area contributed by atoms with Gasteiger partial charge in [-0.15, -0.1) is 0 Å². The molecule has 2 amide bonds. The van der Waals surface area contributed by atoms with E-state index < -0.39 is 11.8 Å². The summed E-state index contributed by atoms with van der Waals surface area (Å²) in [5, 5.41) is 2.80. The lowest BCUT2D eigenvalue weighted by Gasteiger charge is -2.50. The lowest BCUT2D eigenvalue weighted by Crippen LogP contribution is -2.54. The number of carbonyl (C=O) groups is 2. The van der Waals surface area contributed by atoms with E-state index in [-0.39, 0.29) is 16.2 Å². The lowest BCUT2D eigenvalue weighted by molar-refractivity contribution is -0.122. The fraction of sp³-hybridized carbons (Fsp3) is 0.393. The smallest absolute Gasteiger partial charge is 0.270 e. The first kappa shape index (κ1) is 24.1. The molecule has 1 fully saturated rings. The summed E-state index contributed by atoms with van der Waals surface area (Å²) >= 11 is 5.36. The van der Waals surface area contributed by atoms with Crippen molar-refractivity contribution >= 4 is 46.6 Å². The molecule has 34 heavy (non-hydrogen) atoms. The molecule has 0 saturated carbocycles. The molecule has 5 nitrogen and oxygen atoms in total. The van der Waals surface area contributed by atoms with Crippen LogP contribution >= 0.6 is 12.2 Å². The van der Waals surface area contributed by atoms with Gasteiger partial charge in [0.25, 0.3) is 11.8 Å². The Hall–Kier alpha value is -2.99. The van der Waals surface area contributed by atoms with Crippen molar-refractivity contribution in [2.75, 3.05) is 9.80 Å². The number of carbonyl (C=O) groups excluding carboxylic acids is 2. The maximum absolute atomic E-state index is 13.5. The second kappa shape index (κ2) is 8.66. The van der Waals surface area contributed by atoms with E-state index in [1.807, 2.05) is 38.1 Å². The largest absolute Gasteiger partial charge is 0.364 e. The molecule has 0 unspecified atom stereocenters. The van der Waals surface area contributed by atoms with Crippen LogP contribution in [0.5, 0.6) is 0 Å². The van der Waals surface area contributed by atoms with Crippen LogP contribution in [0.2, 0.25) is 0 Å². The fourth-order valence-corrected chi connectivity index (χ4v) is 5.96. The minimum Gasteiger partial charge on any atom is -0.364 e. The summed E-state index contributed by atoms with van der Waals surface area (Å²) in [6.07, 6.45) is 2.72. The van der Waals surface area contributed by atoms with Gasteiger partial charge in [0.05, 0.1) is 5.69 Å². The van der Waals surface area contributed by atoms with Gasteiger partial charge in [0.1, 0.15) is 5.57 Å². The average Bonchev–Trinajstić information content (AvgIpc) is 2.69. The van der Waals surface area contributed by atoms with Crippen LogP contribution < -0.4 is 15.1 Å². The highest BCUT2D eigenvalue weighted by Crippen LogP contribution is 2.44. The molecule has 0 bridgehead atoms. The topological polar surface area (TPSA) is 52.7 Å². The Morgan fingerprint density at radius 1 is 1.09 bits per heavy atom. The minimum atomic E-state index is -0.466. The second-order valence-corrected chi connectivity index (χ2v) is 10.9. The van der Waals surface area contributed by atoms with Gasteiger partial charge >= 0.3 is 0 Å². The van der Waals surface area contributed by atoms with Gasteiger partial charge in [0.15, 0.2) is 5.11 Å². The van der Waals surface area contributed by atoms with Gasteiger partial charge in [0.2, 0.25) is 0 Å². The van der Waals surface area contributed by atoms with Gasteiger partial charge in [-0.25, -0.2) is 0 Å². The molecule has 6 heteroatoms. The molecule has 4 rings (SSSR count). The van der Waals surface area contributed by atoms with E-state index >= 15 is 0 Å². The van der Waals surface area contributed by atoms with Crippen molar-refractivity contribution in [1.29, 1.82) is 0 Å². The van der Waals surface area contributed by atoms with E-state index in [9.17, 15) is 9.59 Å². The van der Waals surface area contributed by atoms with Gasteiger partial charge in [0, 0.05) is 17.3 Å². The first-order valence-corrected chi connectivity index (χ1v) is 12.2. The number of benzene rings is 2. The Kier molecular flexibility index (Phi) is 6.15. The zero-order valence-corrected chi connectivity index (χ0v) is 21.8. The Morgan fingerprint density at radius 3 is 2.35 bits per heavy atom. The summed E-state index contributed by atoms with van der Waals surface area (Å²) < 4.78 is 0. The highest BCUT2D eigenvalue weighted by molar-refractivity contribution is 7.80. The monoisotopic (exact) mass is 475 g/mol. The molecule has 178 valence electrons. The summed E-state index contributed by atoms with van der Waals surface area (Å²) in [5.41, 5.74) is 6.14. The highest BCUT2D eigenvalue weighted by atomic mass is 32.1. The van der Waals surface area contributed by atoms with Crippen molar-refractivity contribution in [3.8, 4) is 0 Å². The molecule has 2 aromatic carbocycles. The third kappa shape index (κ3) is 4.27. The van der Waals surface area contributed by atoms with Crippen molar-refractivity contribution in [2.24, 2.45) is 0 Å². The molecule has 2 aliphatic heterocycles. The van der Waals surface area contributed by atoms with E-state index in [0.29, 0.717) is 17.6 Å². The molecule has 0 aliphatic carbocycles. The van der Waals surface area contributed by atoms with Crippen LogP contribution in [0.15, 0.2) is 42.0 Å². The third-order valence-electron chi connectivity index (χ3n) is 6.69. The standard InChI is InChI=1S/C28H33N3O2S/c1-16(2)31-24-9-8-20(13-22(24)19(5)15-28(31,6)7)14-23-25(32)29-27(34)30(26(23)33)21-11-17(3)10-18(4)12-21/h8-14,16,19H,15H2,1-7H3,(H,29,32,34)/b23-14+/t19-/m0/s1. The average molecular weight is 476 g/mol. The molecule has 1 atom stereocenters. The van der Waals surface area contributed by atoms with Crippen molar-refractivity contribution in [3.63, 3.8) is 0 Å². The number of nitrogens with one attached hydrogen (secondary N) is 1. The number of rotatable bonds is 3. The number of hydrogen-bond acceptors (Lipinski definition) is 4. The van der Waals surface area contributed by atoms with E-state index in [2.05, 4.69) is 57.0 Å². The summed E-state index contributed by atoms with van der Waals surface area (Å²) in [7, 11) is 0. The number of thiocarbonyl (C=S) groups is 1. The maximum Gasteiger partial charge on any atom is 0.270 e. The van der Waals surface area contributed by atoms with Crippen LogP contribution in [0.4, 0.5) is 11.4 Å². The number of aryl methyl sites for hydroxylation is 2. The SMILES string of the molecule is Cc1cc(C)cc(N2C(=O)/C(=C/c3ccc4c(c3)[C@@H](C)CC(C)(C)N4C(C)C)C(=O)NC2=S)c1. The Morgan fingerprint density at radius 2 is 1.74 bits per heavy atom. The van der Waals surface area contributed by atoms with Gasteiger partial charge in [-0.1, -0.05) is 19.1 Å². The molecule has 1 N–H and O–H groups in total. The highest BCUT2D eigenvalue weighted by Gasteiger charge is 2.38. The molecular formula is C28H33N3O2S. The predicted molar refractivity (Wildman–Crippen MR) is 143 cm³/mol. The van der Waals surface area contributed by atoms with Crippen molar-refractivity contribution in [1.82, 2.24) is 5.32 Å². The number of hydrogen-bond donors (Lipinski definition) is 1. The van der Waals surface area contributed by atoms with Crippen LogP contribution in [0, 0.1) is 13.8 Å². The third-order valence-corrected chi connectivity index (χ3v) is 6.98. The Balaban J connectivity index is 1.75. The van der Waals surface area contributed by atoms with Gasteiger partial charge < -0.3 is 4.90 Å². The second-order valence-electron chi connectivity index (χ2n) is 10.5. The molecule has 2 aliphatic rings. The number of nitrogens with zero attached hydrogens (tertiary/aromatic N) is 2. The van der Waals surface area contributed by atoms with Gasteiger partial charge in [-0.2, -0.15) is 0 Å². The van der Waals surface area contributed by atoms with Gasteiger partial charge in [-0.05, 0) is 119 Å². The Bertz CT molecular complexity index is 1210. The molecule has 2 aromatic rings. The molecule has 2 heterocycles. The maximum atomic E-state index is 13.5. The normalized spacial score (nSPS) is 21.2. The molecule has 0 spiro atoms. The molecular weight excluding hydrogens is 442 g/mol. The van der Waals surface area contributed by atoms with Crippen LogP contribution in [0.1, 0.15) is 69.2 Å². The lowest BCUT2D eigenvalue weighted by atomic mass is 9.78. The van der Waals surface area contributed by atoms with Crippen LogP contribution in [-0.2, 0) is 9.59 Å². The molecule has 0 aromatic heterocycles. The first-order chi connectivity index (χ1) is 15.9. The summed E-state index contributed by atoms with van der Waals surface area (Å²) in [5.74, 6) is -0.505. The predicted octanol–water partition coefficient (Wildman–Crippen LogP) is 5.64. The summed E-state index contributed by atoms with van der Waals surface area (Å²) in [4.78, 5) is 30.1. The summed E-state index contributed by atoms with van der Waals surface area (Å²) in [6, 6.07) is 12.4. The van der Waals surface area contributed by atoms with Crippen LogP contribution in [0.3, 0.4) is 0 Å². The zero-order valence-electron chi connectivity index (χ0n) is 21.0. The van der Waals surface area contributed by atoms with Crippen molar-refractivity contribution in [2.45, 2.75) is 72.4 Å². The number of fused-ring (bicyclic) bond motifs is 1. The zero-order chi connectivity index (χ0) is 24.9. The van der Waals surface area contributed by atoms with E-state index in [1.54, 1.807) is 6.08 Å². The van der Waals surface area contributed by atoms with E-state index in [4.69, 9.17) is 12.2 Å². The van der Waals surface area contributed by atoms with Crippen molar-refractivity contribution < 1.29 is 9.59 Å². The number of amides is 2. The van der Waals surface area contributed by atoms with E-state index in [0.717, 1.165) is 23.1 Å². The van der Waals surface area contributed by atoms with Crippen LogP contribution in [0.25, 0.3) is 6.08 Å². The fourth-order valence-electron chi connectivity index (χ4n) is 5.68. The van der Waals surface area contributed by atoms with Crippen molar-refractivity contribution in [3.05, 3.63) is 64.2 Å². The summed E-state index contributed by atoms with van der Waals surface area (Å²) in [6.45, 7) is 15.2.